The van der Waals surface area contributed by atoms with Gasteiger partial charge in [0.25, 0.3) is 0 Å². The molecular weight excluding hydrogens is 496 g/mol. The van der Waals surface area contributed by atoms with Gasteiger partial charge in [0, 0.05) is 16.7 Å². The molecule has 0 fully saturated rings. The van der Waals surface area contributed by atoms with Gasteiger partial charge in [-0.05, 0) is 49.8 Å². The molecule has 0 amide bonds. The van der Waals surface area contributed by atoms with Crippen molar-refractivity contribution < 1.29 is 17.9 Å². The zero-order valence-electron chi connectivity index (χ0n) is 10.8. The summed E-state index contributed by atoms with van der Waals surface area (Å²) in [5.74, 6) is -0.351. The van der Waals surface area contributed by atoms with E-state index in [1.165, 1.54) is 12.3 Å². The maximum Gasteiger partial charge on any atom is 0.573 e. The number of aromatic amines is 1. The van der Waals surface area contributed by atoms with Gasteiger partial charge in [-0.1, -0.05) is 0 Å². The molecule has 0 saturated carbocycles. The summed E-state index contributed by atoms with van der Waals surface area (Å²) < 4.78 is 41.8. The van der Waals surface area contributed by atoms with Gasteiger partial charge in [0.2, 0.25) is 5.82 Å². The number of allylic oxidation sites excluding steroid dienone is 1. The second kappa shape index (κ2) is 7.13. The molecule has 0 spiro atoms. The zero-order chi connectivity index (χ0) is 17.0. The number of tetrazole rings is 1. The molecule has 2 aromatic rings. The number of nitrogens with zero attached hydrogens (tertiary/aromatic N) is 4. The van der Waals surface area contributed by atoms with Crippen molar-refractivity contribution in [2.75, 3.05) is 5.32 Å². The van der Waals surface area contributed by atoms with Crippen molar-refractivity contribution >= 4 is 49.8 Å². The number of H-pyrrole nitrogens is 1. The molecule has 1 aromatic carbocycles. The highest BCUT2D eigenvalue weighted by atomic mass is 127. The van der Waals surface area contributed by atoms with Crippen molar-refractivity contribution in [2.24, 2.45) is 0 Å². The summed E-state index contributed by atoms with van der Waals surface area (Å²) in [4.78, 5) is 0. The van der Waals surface area contributed by atoms with Gasteiger partial charge >= 0.3 is 6.36 Å². The van der Waals surface area contributed by atoms with E-state index in [-0.39, 0.29) is 11.4 Å². The number of benzene rings is 1. The second-order valence-electron chi connectivity index (χ2n) is 3.86. The number of nitrogens with one attached hydrogen (secondary N) is 2. The Morgan fingerprint density at radius 2 is 2.22 bits per heavy atom. The molecule has 1 heterocycles. The van der Waals surface area contributed by atoms with Gasteiger partial charge in [-0.25, -0.2) is 0 Å². The first-order valence-corrected chi connectivity index (χ1v) is 7.52. The van der Waals surface area contributed by atoms with Crippen LogP contribution in [0.3, 0.4) is 0 Å². The molecule has 120 valence electrons. The van der Waals surface area contributed by atoms with Crippen molar-refractivity contribution in [3.05, 3.63) is 32.2 Å². The lowest BCUT2D eigenvalue weighted by molar-refractivity contribution is -0.274. The third-order valence-electron chi connectivity index (χ3n) is 2.31. The number of hydrogen-bond acceptors (Lipinski definition) is 6. The highest BCUT2D eigenvalue weighted by Gasteiger charge is 2.31. The Morgan fingerprint density at radius 3 is 2.78 bits per heavy atom. The summed E-state index contributed by atoms with van der Waals surface area (Å²) in [6.07, 6.45) is -3.55. The second-order valence-corrected chi connectivity index (χ2v) is 5.80. The van der Waals surface area contributed by atoms with Gasteiger partial charge in [-0.15, -0.1) is 23.4 Å². The van der Waals surface area contributed by atoms with Crippen LogP contribution in [0.4, 0.5) is 18.9 Å². The van der Waals surface area contributed by atoms with Crippen molar-refractivity contribution in [3.63, 3.8) is 0 Å². The fraction of sp³-hybridized carbons (Fsp3) is 0.0909. The van der Waals surface area contributed by atoms with Crippen molar-refractivity contribution in [3.8, 4) is 11.8 Å². The molecule has 0 radical (unpaired) electrons. The molecule has 7 nitrogen and oxygen atoms in total. The molecule has 0 aliphatic carbocycles. The maximum atomic E-state index is 12.3. The van der Waals surface area contributed by atoms with E-state index in [1.54, 1.807) is 0 Å². The van der Waals surface area contributed by atoms with Crippen LogP contribution in [0, 0.1) is 14.9 Å². The maximum absolute atomic E-state index is 12.3. The third-order valence-corrected chi connectivity index (χ3v) is 4.84. The zero-order valence-corrected chi connectivity index (χ0v) is 14.6. The highest BCUT2D eigenvalue weighted by molar-refractivity contribution is 14.1. The van der Waals surface area contributed by atoms with Crippen LogP contribution in [-0.2, 0) is 0 Å². The first-order chi connectivity index (χ1) is 10.8. The molecule has 0 aliphatic rings. The van der Waals surface area contributed by atoms with E-state index in [0.29, 0.717) is 13.7 Å². The van der Waals surface area contributed by atoms with Gasteiger partial charge in [0.05, 0.1) is 9.26 Å². The summed E-state index contributed by atoms with van der Waals surface area (Å²) in [6.45, 7) is 0. The Labute approximate surface area is 149 Å². The van der Waals surface area contributed by atoms with Crippen LogP contribution in [-0.4, -0.2) is 27.0 Å². The summed E-state index contributed by atoms with van der Waals surface area (Å²) in [7, 11) is 0. The van der Waals surface area contributed by atoms with E-state index in [4.69, 9.17) is 5.26 Å². The van der Waals surface area contributed by atoms with Gasteiger partial charge in [0.15, 0.2) is 0 Å². The average Bonchev–Trinajstić information content (AvgIpc) is 2.97. The van der Waals surface area contributed by atoms with Gasteiger partial charge in [-0.3, -0.25) is 0 Å². The van der Waals surface area contributed by atoms with E-state index in [1.807, 2.05) is 28.7 Å². The minimum atomic E-state index is -4.80. The first-order valence-electron chi connectivity index (χ1n) is 5.65. The highest BCUT2D eigenvalue weighted by Crippen LogP contribution is 2.34. The van der Waals surface area contributed by atoms with Gasteiger partial charge in [-0.2, -0.15) is 10.5 Å². The number of aromatic nitrogens is 4. The number of alkyl halides is 3. The van der Waals surface area contributed by atoms with Crippen molar-refractivity contribution in [1.82, 2.24) is 20.6 Å². The Balaban J connectivity index is 2.30. The van der Waals surface area contributed by atoms with Crippen LogP contribution in [0.15, 0.2) is 22.8 Å². The van der Waals surface area contributed by atoms with E-state index in [9.17, 15) is 13.2 Å². The lowest BCUT2D eigenvalue weighted by Crippen LogP contribution is -2.17. The monoisotopic (exact) mass is 500 g/mol. The molecule has 12 heteroatoms. The third kappa shape index (κ3) is 4.79. The van der Waals surface area contributed by atoms with Gasteiger partial charge in [0.1, 0.15) is 17.4 Å². The molecular formula is C11H5BrF3IN6O. The minimum absolute atomic E-state index is 0.0489. The van der Waals surface area contributed by atoms with Crippen LogP contribution in [0.2, 0.25) is 0 Å². The lowest BCUT2D eigenvalue weighted by Gasteiger charge is -2.13. The molecule has 0 atom stereocenters. The van der Waals surface area contributed by atoms with Crippen LogP contribution < -0.4 is 10.1 Å². The Morgan fingerprint density at radius 1 is 1.48 bits per heavy atom. The largest absolute Gasteiger partial charge is 0.573 e. The van der Waals surface area contributed by atoms with E-state index in [0.717, 1.165) is 6.07 Å². The van der Waals surface area contributed by atoms with Crippen molar-refractivity contribution in [2.45, 2.75) is 6.36 Å². The molecule has 2 N–H and O–H groups in total. The standard InChI is InChI=1S/C11H5BrF3IN6O/c12-7-1-6(23-11(13,14)15)2-8(9(7)16)18-4-5(3-17)10-19-21-22-20-10/h1-2,4,18H,(H,19,20,21,22). The van der Waals surface area contributed by atoms with Crippen LogP contribution in [0.5, 0.6) is 5.75 Å². The summed E-state index contributed by atoms with van der Waals surface area (Å²) in [6, 6.07) is 4.19. The topological polar surface area (TPSA) is 99.5 Å². The SMILES string of the molecule is N#CC(=CNc1cc(OC(F)(F)F)cc(Br)c1I)c1nn[nH]n1. The fourth-order valence-electron chi connectivity index (χ4n) is 1.43. The summed E-state index contributed by atoms with van der Waals surface area (Å²) >= 11 is 5.07. The van der Waals surface area contributed by atoms with E-state index < -0.39 is 12.1 Å². The smallest absolute Gasteiger partial charge is 0.406 e. The predicted octanol–water partition coefficient (Wildman–Crippen LogP) is 3.44. The fourth-order valence-corrected chi connectivity index (χ4v) is 2.34. The van der Waals surface area contributed by atoms with E-state index in [2.05, 4.69) is 46.6 Å². The number of rotatable bonds is 4. The first kappa shape index (κ1) is 17.5. The molecule has 0 aliphatic heterocycles. The average molecular weight is 501 g/mol. The van der Waals surface area contributed by atoms with Crippen LogP contribution >= 0.6 is 38.5 Å². The normalized spacial score (nSPS) is 11.9. The van der Waals surface area contributed by atoms with Crippen LogP contribution in [0.25, 0.3) is 5.57 Å². The molecule has 1 aromatic heterocycles. The number of nitriles is 1. The van der Waals surface area contributed by atoms with Crippen molar-refractivity contribution in [1.29, 1.82) is 5.26 Å². The molecule has 23 heavy (non-hydrogen) atoms. The lowest BCUT2D eigenvalue weighted by atomic mass is 10.2. The van der Waals surface area contributed by atoms with Gasteiger partial charge < -0.3 is 10.1 Å². The Kier molecular flexibility index (Phi) is 5.42. The predicted molar refractivity (Wildman–Crippen MR) is 84.9 cm³/mol. The minimum Gasteiger partial charge on any atom is -0.406 e. The number of ether oxygens (including phenoxy) is 1. The number of halogens is 5. The van der Waals surface area contributed by atoms with Crippen LogP contribution in [0.1, 0.15) is 5.82 Å². The quantitative estimate of drug-likeness (QED) is 0.493. The molecule has 0 unspecified atom stereocenters. The molecule has 2 rings (SSSR count). The Hall–Kier alpha value is -1.88. The van der Waals surface area contributed by atoms with E-state index >= 15 is 0 Å². The summed E-state index contributed by atoms with van der Waals surface area (Å²) in [5, 5.41) is 24.6. The summed E-state index contributed by atoms with van der Waals surface area (Å²) in [5.41, 5.74) is 0.350. The molecule has 0 bridgehead atoms. The number of hydrogen-bond donors (Lipinski definition) is 2. The Bertz CT molecular complexity index is 771. The number of anilines is 1. The molecule has 0 saturated heterocycles.